The van der Waals surface area contributed by atoms with Gasteiger partial charge in [-0.3, -0.25) is 9.59 Å². The Morgan fingerprint density at radius 1 is 1.47 bits per heavy atom. The number of hydrogen-bond acceptors (Lipinski definition) is 4. The molecule has 0 saturated carbocycles. The Balaban J connectivity index is 2.35. The van der Waals surface area contributed by atoms with Gasteiger partial charge in [0.1, 0.15) is 5.82 Å². The Bertz CT molecular complexity index is 607. The van der Waals surface area contributed by atoms with Crippen molar-refractivity contribution in [2.45, 2.75) is 6.92 Å². The first kappa shape index (κ1) is 13.0. The number of ketones is 1. The van der Waals surface area contributed by atoms with Crippen LogP contribution in [0.2, 0.25) is 0 Å². The molecule has 1 amide bonds. The van der Waals surface area contributed by atoms with Crippen LogP contribution in [0.25, 0.3) is 0 Å². The zero-order valence-corrected chi connectivity index (χ0v) is 10.5. The van der Waals surface area contributed by atoms with Gasteiger partial charge in [0, 0.05) is 13.6 Å². The van der Waals surface area contributed by atoms with Crippen LogP contribution in [0, 0.1) is 23.1 Å². The predicted molar refractivity (Wildman–Crippen MR) is 67.4 cm³/mol. The van der Waals surface area contributed by atoms with Crippen molar-refractivity contribution in [1.29, 1.82) is 5.26 Å². The number of nitrogens with zero attached hydrogens (tertiary/aromatic N) is 2. The van der Waals surface area contributed by atoms with E-state index in [1.807, 2.05) is 0 Å². The second-order valence-electron chi connectivity index (χ2n) is 4.54. The molecule has 0 aromatic heterocycles. The summed E-state index contributed by atoms with van der Waals surface area (Å²) in [7, 11) is 1.65. The molecule has 0 radical (unpaired) electrons. The number of benzene rings is 1. The molecule has 1 aromatic rings. The zero-order valence-electron chi connectivity index (χ0n) is 10.5. The van der Waals surface area contributed by atoms with E-state index in [0.29, 0.717) is 12.2 Å². The lowest BCUT2D eigenvalue weighted by Gasteiger charge is -2.21. The van der Waals surface area contributed by atoms with Gasteiger partial charge >= 0.3 is 0 Å². The van der Waals surface area contributed by atoms with Crippen molar-refractivity contribution < 1.29 is 14.0 Å². The molecule has 1 atom stereocenters. The topological polar surface area (TPSA) is 73.2 Å². The van der Waals surface area contributed by atoms with Crippen LogP contribution in [0.15, 0.2) is 12.1 Å². The van der Waals surface area contributed by atoms with E-state index in [-0.39, 0.29) is 17.2 Å². The van der Waals surface area contributed by atoms with E-state index in [1.165, 1.54) is 6.07 Å². The number of carbonyl (C=O) groups is 2. The average molecular weight is 261 g/mol. The minimum absolute atomic E-state index is 0.0491. The van der Waals surface area contributed by atoms with Gasteiger partial charge < -0.3 is 10.2 Å². The van der Waals surface area contributed by atoms with Crippen LogP contribution in [-0.2, 0) is 4.79 Å². The van der Waals surface area contributed by atoms with Crippen molar-refractivity contribution in [3.8, 4) is 6.07 Å². The van der Waals surface area contributed by atoms with Gasteiger partial charge in [-0.2, -0.15) is 5.26 Å². The molecule has 1 aromatic carbocycles. The summed E-state index contributed by atoms with van der Waals surface area (Å²) in [5.74, 6) is -2.32. The Morgan fingerprint density at radius 3 is 2.79 bits per heavy atom. The number of rotatable bonds is 3. The lowest BCUT2D eigenvalue weighted by molar-refractivity contribution is -0.112. The van der Waals surface area contributed by atoms with E-state index in [0.717, 1.165) is 6.07 Å². The van der Waals surface area contributed by atoms with Gasteiger partial charge in [-0.15, -0.1) is 0 Å². The molecule has 1 aliphatic rings. The number of nitriles is 1. The van der Waals surface area contributed by atoms with Crippen LogP contribution < -0.4 is 10.2 Å². The van der Waals surface area contributed by atoms with Crippen molar-refractivity contribution >= 4 is 23.1 Å². The van der Waals surface area contributed by atoms with E-state index >= 15 is 0 Å². The molecule has 98 valence electrons. The summed E-state index contributed by atoms with van der Waals surface area (Å²) < 4.78 is 13.9. The second-order valence-corrected chi connectivity index (χ2v) is 4.54. The molecule has 6 heteroatoms. The first-order valence-corrected chi connectivity index (χ1v) is 5.74. The van der Waals surface area contributed by atoms with Crippen molar-refractivity contribution in [2.24, 2.45) is 5.92 Å². The molecule has 1 unspecified atom stereocenters. The second kappa shape index (κ2) is 4.69. The van der Waals surface area contributed by atoms with Gasteiger partial charge in [0.2, 0.25) is 0 Å². The maximum absolute atomic E-state index is 13.9. The average Bonchev–Trinajstić information content (AvgIpc) is 2.64. The third kappa shape index (κ3) is 2.27. The molecule has 5 nitrogen and oxygen atoms in total. The largest absolute Gasteiger partial charge is 0.371 e. The van der Waals surface area contributed by atoms with E-state index in [1.54, 1.807) is 18.9 Å². The summed E-state index contributed by atoms with van der Waals surface area (Å²) in [6, 6.07) is 4.53. The Kier molecular flexibility index (Phi) is 3.21. The molecule has 19 heavy (non-hydrogen) atoms. The van der Waals surface area contributed by atoms with E-state index in [4.69, 9.17) is 5.26 Å². The molecule has 0 fully saturated rings. The number of nitrogens with one attached hydrogen (secondary N) is 1. The molecule has 0 aliphatic carbocycles. The Labute approximate surface area is 109 Å². The number of carbonyl (C=O) groups excluding carboxylic acids is 2. The first-order valence-electron chi connectivity index (χ1n) is 5.74. The number of anilines is 2. The number of amides is 1. The van der Waals surface area contributed by atoms with Gasteiger partial charge in [-0.25, -0.2) is 4.39 Å². The quantitative estimate of drug-likeness (QED) is 0.838. The maximum Gasteiger partial charge on any atom is 0.296 e. The third-order valence-corrected chi connectivity index (χ3v) is 2.97. The van der Waals surface area contributed by atoms with Gasteiger partial charge in [-0.05, 0) is 19.1 Å². The lowest BCUT2D eigenvalue weighted by Crippen LogP contribution is -2.24. The van der Waals surface area contributed by atoms with Gasteiger partial charge in [-0.1, -0.05) is 0 Å². The van der Waals surface area contributed by atoms with Crippen LogP contribution in [-0.4, -0.2) is 25.3 Å². The molecule has 0 bridgehead atoms. The summed E-state index contributed by atoms with van der Waals surface area (Å²) in [6.07, 6.45) is 0. The summed E-state index contributed by atoms with van der Waals surface area (Å²) in [5, 5.41) is 11.1. The molecule has 0 saturated heterocycles. The summed E-state index contributed by atoms with van der Waals surface area (Å²) in [4.78, 5) is 24.2. The summed E-state index contributed by atoms with van der Waals surface area (Å²) >= 11 is 0. The smallest absolute Gasteiger partial charge is 0.296 e. The van der Waals surface area contributed by atoms with Crippen LogP contribution in [0.4, 0.5) is 15.8 Å². The van der Waals surface area contributed by atoms with Crippen molar-refractivity contribution in [1.82, 2.24) is 0 Å². The SMILES string of the molecule is CC(C#N)CN(C)c1cc2c(cc1F)C(=O)C(=O)N2. The van der Waals surface area contributed by atoms with Crippen LogP contribution in [0.3, 0.4) is 0 Å². The third-order valence-electron chi connectivity index (χ3n) is 2.97. The molecule has 1 aliphatic heterocycles. The lowest BCUT2D eigenvalue weighted by atomic mass is 10.1. The van der Waals surface area contributed by atoms with Crippen molar-refractivity contribution in [3.05, 3.63) is 23.5 Å². The predicted octanol–water partition coefficient (Wildman–Crippen LogP) is 1.56. The fourth-order valence-corrected chi connectivity index (χ4v) is 2.00. The maximum atomic E-state index is 13.9. The minimum Gasteiger partial charge on any atom is -0.371 e. The van der Waals surface area contributed by atoms with Crippen molar-refractivity contribution in [3.63, 3.8) is 0 Å². The molecule has 2 rings (SSSR count). The molecule has 1 N–H and O–H groups in total. The highest BCUT2D eigenvalue weighted by molar-refractivity contribution is 6.51. The number of Topliss-reactive ketones (excluding diaryl/α,β-unsaturated/α-hetero) is 1. The van der Waals surface area contributed by atoms with Gasteiger partial charge in [0.25, 0.3) is 11.7 Å². The fraction of sp³-hybridized carbons (Fsp3) is 0.308. The Morgan fingerprint density at radius 2 is 2.16 bits per heavy atom. The molecule has 0 spiro atoms. The van der Waals surface area contributed by atoms with E-state index < -0.39 is 17.5 Å². The Hall–Kier alpha value is -2.42. The van der Waals surface area contributed by atoms with Gasteiger partial charge in [0.15, 0.2) is 0 Å². The van der Waals surface area contributed by atoms with Crippen LogP contribution >= 0.6 is 0 Å². The van der Waals surface area contributed by atoms with Crippen LogP contribution in [0.1, 0.15) is 17.3 Å². The highest BCUT2D eigenvalue weighted by Gasteiger charge is 2.30. The highest BCUT2D eigenvalue weighted by atomic mass is 19.1. The first-order chi connectivity index (χ1) is 8.93. The minimum atomic E-state index is -0.750. The summed E-state index contributed by atoms with van der Waals surface area (Å²) in [5.41, 5.74) is 0.603. The molecular weight excluding hydrogens is 249 g/mol. The molecular formula is C13H12FN3O2. The number of hydrogen-bond donors (Lipinski definition) is 1. The normalized spacial score (nSPS) is 14.6. The zero-order chi connectivity index (χ0) is 14.2. The number of fused-ring (bicyclic) bond motifs is 1. The van der Waals surface area contributed by atoms with Crippen molar-refractivity contribution in [2.75, 3.05) is 23.8 Å². The van der Waals surface area contributed by atoms with Crippen LogP contribution in [0.5, 0.6) is 0 Å². The standard InChI is InChI=1S/C13H12FN3O2/c1-7(5-15)6-17(2)11-4-10-8(3-9(11)14)12(18)13(19)16-10/h3-4,7H,6H2,1-2H3,(H,16,18,19). The monoisotopic (exact) mass is 261 g/mol. The number of halogens is 1. The molecule has 1 heterocycles. The highest BCUT2D eigenvalue weighted by Crippen LogP contribution is 2.30. The van der Waals surface area contributed by atoms with Gasteiger partial charge in [0.05, 0.1) is 28.9 Å². The van der Waals surface area contributed by atoms with E-state index in [2.05, 4.69) is 11.4 Å². The summed E-state index contributed by atoms with van der Waals surface area (Å²) in [6.45, 7) is 2.08. The van der Waals surface area contributed by atoms with E-state index in [9.17, 15) is 14.0 Å². The fourth-order valence-electron chi connectivity index (χ4n) is 2.00.